The van der Waals surface area contributed by atoms with Gasteiger partial charge in [-0.05, 0) is 38.6 Å². The van der Waals surface area contributed by atoms with E-state index in [1.165, 1.54) is 0 Å². The standard InChI is InChI=1S/C12H19NO2S/c1-5-16(14,15)11-8-6-10(7-9-11)12(2,3)13-4/h6-9,13H,5H2,1-4H3. The predicted octanol–water partition coefficient (Wildman–Crippen LogP) is 1.93. The van der Waals surface area contributed by atoms with Gasteiger partial charge in [0, 0.05) is 5.54 Å². The van der Waals surface area contributed by atoms with Gasteiger partial charge in [0.2, 0.25) is 0 Å². The van der Waals surface area contributed by atoms with Crippen LogP contribution >= 0.6 is 0 Å². The van der Waals surface area contributed by atoms with Gasteiger partial charge in [-0.15, -0.1) is 0 Å². The lowest BCUT2D eigenvalue weighted by Gasteiger charge is -2.24. The van der Waals surface area contributed by atoms with E-state index in [1.54, 1.807) is 19.1 Å². The van der Waals surface area contributed by atoms with E-state index in [9.17, 15) is 8.42 Å². The van der Waals surface area contributed by atoms with E-state index < -0.39 is 9.84 Å². The molecular weight excluding hydrogens is 222 g/mol. The second-order valence-electron chi connectivity index (χ2n) is 4.30. The molecule has 1 aromatic rings. The van der Waals surface area contributed by atoms with E-state index in [1.807, 2.05) is 19.2 Å². The van der Waals surface area contributed by atoms with Crippen molar-refractivity contribution in [1.82, 2.24) is 5.32 Å². The van der Waals surface area contributed by atoms with Crippen molar-refractivity contribution in [3.8, 4) is 0 Å². The van der Waals surface area contributed by atoms with Gasteiger partial charge in [-0.3, -0.25) is 0 Å². The monoisotopic (exact) mass is 241 g/mol. The molecule has 90 valence electrons. The van der Waals surface area contributed by atoms with E-state index in [0.29, 0.717) is 4.90 Å². The molecule has 0 saturated carbocycles. The van der Waals surface area contributed by atoms with Crippen LogP contribution in [0.3, 0.4) is 0 Å². The van der Waals surface area contributed by atoms with E-state index in [2.05, 4.69) is 19.2 Å². The van der Waals surface area contributed by atoms with Crippen molar-refractivity contribution in [2.24, 2.45) is 0 Å². The summed E-state index contributed by atoms with van der Waals surface area (Å²) in [7, 11) is -1.20. The van der Waals surface area contributed by atoms with Crippen molar-refractivity contribution in [2.75, 3.05) is 12.8 Å². The minimum Gasteiger partial charge on any atom is -0.311 e. The normalized spacial score (nSPS) is 12.8. The van der Waals surface area contributed by atoms with E-state index >= 15 is 0 Å². The van der Waals surface area contributed by atoms with Crippen molar-refractivity contribution < 1.29 is 8.42 Å². The second-order valence-corrected chi connectivity index (χ2v) is 6.58. The largest absolute Gasteiger partial charge is 0.311 e. The molecule has 0 aliphatic carbocycles. The summed E-state index contributed by atoms with van der Waals surface area (Å²) in [4.78, 5) is 0.394. The summed E-state index contributed by atoms with van der Waals surface area (Å²) in [5, 5.41) is 3.18. The first kappa shape index (κ1) is 13.2. The van der Waals surface area contributed by atoms with Gasteiger partial charge in [-0.1, -0.05) is 19.1 Å². The Hall–Kier alpha value is -0.870. The molecule has 0 heterocycles. The first-order valence-corrected chi connectivity index (χ1v) is 7.01. The number of hydrogen-bond donors (Lipinski definition) is 1. The molecule has 0 unspecified atom stereocenters. The number of hydrogen-bond acceptors (Lipinski definition) is 3. The first-order valence-electron chi connectivity index (χ1n) is 5.35. The minimum atomic E-state index is -3.09. The first-order chi connectivity index (χ1) is 7.33. The zero-order valence-corrected chi connectivity index (χ0v) is 11.1. The summed E-state index contributed by atoms with van der Waals surface area (Å²) in [6, 6.07) is 7.07. The lowest BCUT2D eigenvalue weighted by atomic mass is 9.95. The molecule has 0 fully saturated rings. The quantitative estimate of drug-likeness (QED) is 0.876. The fraction of sp³-hybridized carbons (Fsp3) is 0.500. The van der Waals surface area contributed by atoms with Crippen molar-refractivity contribution in [2.45, 2.75) is 31.2 Å². The fourth-order valence-electron chi connectivity index (χ4n) is 1.39. The molecule has 16 heavy (non-hydrogen) atoms. The van der Waals surface area contributed by atoms with Crippen LogP contribution in [-0.2, 0) is 15.4 Å². The molecule has 0 aromatic heterocycles. The highest BCUT2D eigenvalue weighted by Crippen LogP contribution is 2.21. The minimum absolute atomic E-state index is 0.141. The van der Waals surface area contributed by atoms with Crippen LogP contribution in [0.5, 0.6) is 0 Å². The van der Waals surface area contributed by atoms with Crippen LogP contribution < -0.4 is 5.32 Å². The fourth-order valence-corrected chi connectivity index (χ4v) is 2.27. The molecule has 0 amide bonds. The van der Waals surface area contributed by atoms with Crippen molar-refractivity contribution >= 4 is 9.84 Å². The average Bonchev–Trinajstić information content (AvgIpc) is 2.29. The Balaban J connectivity index is 3.10. The molecule has 4 heteroatoms. The Labute approximate surface area is 97.8 Å². The highest BCUT2D eigenvalue weighted by molar-refractivity contribution is 7.91. The SMILES string of the molecule is CCS(=O)(=O)c1ccc(C(C)(C)NC)cc1. The van der Waals surface area contributed by atoms with Gasteiger partial charge in [0.1, 0.15) is 0 Å². The number of rotatable bonds is 4. The molecule has 3 nitrogen and oxygen atoms in total. The summed E-state index contributed by atoms with van der Waals surface area (Å²) in [5.74, 6) is 0.141. The summed E-state index contributed by atoms with van der Waals surface area (Å²) in [5.41, 5.74) is 0.930. The van der Waals surface area contributed by atoms with Gasteiger partial charge >= 0.3 is 0 Å². The molecule has 0 radical (unpaired) electrons. The Kier molecular flexibility index (Phi) is 3.76. The van der Waals surface area contributed by atoms with E-state index in [0.717, 1.165) is 5.56 Å². The smallest absolute Gasteiger partial charge is 0.178 e. The van der Waals surface area contributed by atoms with Crippen molar-refractivity contribution in [3.05, 3.63) is 29.8 Å². The van der Waals surface area contributed by atoms with Crippen LogP contribution in [0.15, 0.2) is 29.2 Å². The molecule has 0 aliphatic heterocycles. The van der Waals surface area contributed by atoms with E-state index in [-0.39, 0.29) is 11.3 Å². The maximum atomic E-state index is 11.6. The van der Waals surface area contributed by atoms with Crippen LogP contribution in [0.25, 0.3) is 0 Å². The Morgan fingerprint density at radius 3 is 2.06 bits per heavy atom. The Bertz CT molecular complexity index is 446. The Morgan fingerprint density at radius 1 is 1.19 bits per heavy atom. The molecule has 1 aromatic carbocycles. The highest BCUT2D eigenvalue weighted by atomic mass is 32.2. The lowest BCUT2D eigenvalue weighted by molar-refractivity contribution is 0.444. The van der Waals surface area contributed by atoms with Crippen LogP contribution in [0.4, 0.5) is 0 Å². The van der Waals surface area contributed by atoms with Crippen LogP contribution in [0.1, 0.15) is 26.3 Å². The molecule has 0 atom stereocenters. The number of sulfone groups is 1. The molecule has 1 N–H and O–H groups in total. The lowest BCUT2D eigenvalue weighted by Crippen LogP contribution is -2.33. The van der Waals surface area contributed by atoms with E-state index in [4.69, 9.17) is 0 Å². The molecule has 1 rings (SSSR count). The van der Waals surface area contributed by atoms with Gasteiger partial charge in [-0.2, -0.15) is 0 Å². The molecule has 0 spiro atoms. The molecule has 0 bridgehead atoms. The third-order valence-electron chi connectivity index (χ3n) is 2.94. The Morgan fingerprint density at radius 2 is 1.69 bits per heavy atom. The second kappa shape index (κ2) is 4.55. The topological polar surface area (TPSA) is 46.2 Å². The number of benzene rings is 1. The summed E-state index contributed by atoms with van der Waals surface area (Å²) < 4.78 is 23.2. The zero-order chi connectivity index (χ0) is 12.4. The van der Waals surface area contributed by atoms with Gasteiger partial charge in [0.15, 0.2) is 9.84 Å². The van der Waals surface area contributed by atoms with Crippen molar-refractivity contribution in [3.63, 3.8) is 0 Å². The molecule has 0 saturated heterocycles. The van der Waals surface area contributed by atoms with Gasteiger partial charge in [-0.25, -0.2) is 8.42 Å². The highest BCUT2D eigenvalue weighted by Gasteiger charge is 2.18. The third kappa shape index (κ3) is 2.62. The summed E-state index contributed by atoms with van der Waals surface area (Å²) >= 11 is 0. The molecule has 0 aliphatic rings. The molecular formula is C12H19NO2S. The van der Waals surface area contributed by atoms with Gasteiger partial charge in [0.05, 0.1) is 10.6 Å². The maximum absolute atomic E-state index is 11.6. The van der Waals surface area contributed by atoms with Crippen molar-refractivity contribution in [1.29, 1.82) is 0 Å². The van der Waals surface area contributed by atoms with Gasteiger partial charge < -0.3 is 5.32 Å². The average molecular weight is 241 g/mol. The zero-order valence-electron chi connectivity index (χ0n) is 10.2. The van der Waals surface area contributed by atoms with Gasteiger partial charge in [0.25, 0.3) is 0 Å². The third-order valence-corrected chi connectivity index (χ3v) is 4.69. The summed E-state index contributed by atoms with van der Waals surface area (Å²) in [6.07, 6.45) is 0. The van der Waals surface area contributed by atoms with Crippen LogP contribution in [0, 0.1) is 0 Å². The van der Waals surface area contributed by atoms with Crippen LogP contribution in [0.2, 0.25) is 0 Å². The predicted molar refractivity (Wildman–Crippen MR) is 66.3 cm³/mol. The number of nitrogens with one attached hydrogen (secondary N) is 1. The maximum Gasteiger partial charge on any atom is 0.178 e. The van der Waals surface area contributed by atoms with Crippen LogP contribution in [-0.4, -0.2) is 21.2 Å². The summed E-state index contributed by atoms with van der Waals surface area (Å²) in [6.45, 7) is 5.76.